The number of amides is 1. The van der Waals surface area contributed by atoms with E-state index in [1.165, 1.54) is 11.0 Å². The molecule has 2 aromatic heterocycles. The first-order valence-electron chi connectivity index (χ1n) is 13.4. The molecule has 2 heterocycles. The van der Waals surface area contributed by atoms with Crippen LogP contribution in [-0.4, -0.2) is 51.1 Å². The summed E-state index contributed by atoms with van der Waals surface area (Å²) in [6, 6.07) is 17.5. The van der Waals surface area contributed by atoms with Crippen LogP contribution in [0.5, 0.6) is 11.5 Å². The molecule has 10 nitrogen and oxygen atoms in total. The number of aliphatic imine (C=N–C) groups is 1. The van der Waals surface area contributed by atoms with E-state index in [2.05, 4.69) is 26.6 Å². The molecule has 4 aromatic rings. The number of benzene rings is 2. The standard InChI is InChI=1S/C29H31N7O3.C2H6/c1-5-28(37)35(18-21-6-9-23(10-7-21)24-12-14-31-15-13-24)19-32-20(2)36-27(33-29(30)34-36)17-22-8-11-25(38-3)26(16-22)39-4;1-2/h6-16,19H,2,5,17-18H2,1,3-4H3,(H2,30,34);1-2H3/b32-19-;. The van der Waals surface area contributed by atoms with E-state index in [1.807, 2.05) is 75.4 Å². The molecule has 2 N–H and O–H groups in total. The van der Waals surface area contributed by atoms with Gasteiger partial charge in [0, 0.05) is 25.2 Å². The lowest BCUT2D eigenvalue weighted by Gasteiger charge is -2.17. The Bertz CT molecular complexity index is 1470. The minimum atomic E-state index is -0.0755. The van der Waals surface area contributed by atoms with Gasteiger partial charge in [-0.1, -0.05) is 57.7 Å². The molecule has 0 spiro atoms. The summed E-state index contributed by atoms with van der Waals surface area (Å²) in [5.74, 6) is 2.07. The molecule has 10 heteroatoms. The number of methoxy groups -OCH3 is 2. The molecule has 0 bridgehead atoms. The lowest BCUT2D eigenvalue weighted by Crippen LogP contribution is -2.28. The normalized spacial score (nSPS) is 10.6. The predicted octanol–water partition coefficient (Wildman–Crippen LogP) is 5.45. The summed E-state index contributed by atoms with van der Waals surface area (Å²) in [6.07, 6.45) is 5.73. The molecular weight excluding hydrogens is 518 g/mol. The topological polar surface area (TPSA) is 121 Å². The number of rotatable bonds is 11. The molecule has 0 aliphatic heterocycles. The predicted molar refractivity (Wildman–Crippen MR) is 162 cm³/mol. The maximum absolute atomic E-state index is 12.7. The van der Waals surface area contributed by atoms with Crippen LogP contribution >= 0.6 is 0 Å². The summed E-state index contributed by atoms with van der Waals surface area (Å²) in [4.78, 5) is 27.1. The van der Waals surface area contributed by atoms with Crippen LogP contribution in [0.3, 0.4) is 0 Å². The number of pyridine rings is 1. The zero-order valence-corrected chi connectivity index (χ0v) is 24.2. The molecule has 0 atom stereocenters. The Morgan fingerprint density at radius 2 is 1.63 bits per heavy atom. The van der Waals surface area contributed by atoms with E-state index in [-0.39, 0.29) is 17.7 Å². The zero-order chi connectivity index (χ0) is 29.8. The Balaban J connectivity index is 0.00000226. The van der Waals surface area contributed by atoms with Crippen molar-refractivity contribution in [1.82, 2.24) is 24.6 Å². The highest BCUT2D eigenvalue weighted by Gasteiger charge is 2.15. The SMILES string of the molecule is C=C(/N=C\N(Cc1ccc(-c2ccncc2)cc1)C(=O)CC)n1nc(N)nc1Cc1ccc(OC)c(OC)c1.CC. The van der Waals surface area contributed by atoms with Gasteiger partial charge >= 0.3 is 0 Å². The first kappa shape index (κ1) is 30.6. The summed E-state index contributed by atoms with van der Waals surface area (Å²) in [6.45, 7) is 10.2. The highest BCUT2D eigenvalue weighted by molar-refractivity contribution is 5.88. The summed E-state index contributed by atoms with van der Waals surface area (Å²) < 4.78 is 12.2. The second-order valence-corrected chi connectivity index (χ2v) is 8.63. The van der Waals surface area contributed by atoms with E-state index in [9.17, 15) is 4.79 Å². The smallest absolute Gasteiger partial charge is 0.240 e. The number of nitrogens with zero attached hydrogens (tertiary/aromatic N) is 6. The third kappa shape index (κ3) is 8.01. The Morgan fingerprint density at radius 1 is 1.00 bits per heavy atom. The Hall–Kier alpha value is -4.99. The molecule has 0 radical (unpaired) electrons. The minimum Gasteiger partial charge on any atom is -0.493 e. The molecule has 214 valence electrons. The van der Waals surface area contributed by atoms with Gasteiger partial charge in [0.2, 0.25) is 11.9 Å². The van der Waals surface area contributed by atoms with Crippen molar-refractivity contribution in [3.63, 3.8) is 0 Å². The number of carbonyl (C=O) groups is 1. The van der Waals surface area contributed by atoms with Crippen molar-refractivity contribution in [3.8, 4) is 22.6 Å². The molecule has 1 amide bonds. The fourth-order valence-electron chi connectivity index (χ4n) is 3.99. The average Bonchev–Trinajstić information content (AvgIpc) is 3.39. The van der Waals surface area contributed by atoms with Crippen LogP contribution in [0, 0.1) is 0 Å². The zero-order valence-electron chi connectivity index (χ0n) is 24.2. The maximum Gasteiger partial charge on any atom is 0.240 e. The fourth-order valence-corrected chi connectivity index (χ4v) is 3.99. The minimum absolute atomic E-state index is 0.0755. The van der Waals surface area contributed by atoms with Gasteiger partial charge in [-0.15, -0.1) is 5.10 Å². The Morgan fingerprint density at radius 3 is 2.27 bits per heavy atom. The average molecular weight is 556 g/mol. The Kier molecular flexibility index (Phi) is 11.2. The third-order valence-corrected chi connectivity index (χ3v) is 6.03. The molecule has 0 saturated carbocycles. The summed E-state index contributed by atoms with van der Waals surface area (Å²) >= 11 is 0. The molecule has 0 saturated heterocycles. The molecule has 4 rings (SSSR count). The quantitative estimate of drug-likeness (QED) is 0.193. The summed E-state index contributed by atoms with van der Waals surface area (Å²) in [5.41, 5.74) is 9.93. The Labute approximate surface area is 241 Å². The van der Waals surface area contributed by atoms with Gasteiger partial charge in [-0.25, -0.2) is 4.99 Å². The van der Waals surface area contributed by atoms with Crippen molar-refractivity contribution in [2.45, 2.75) is 40.2 Å². The van der Waals surface area contributed by atoms with Gasteiger partial charge in [-0.05, 0) is 46.5 Å². The molecule has 0 unspecified atom stereocenters. The number of nitrogen functional groups attached to an aromatic ring is 1. The van der Waals surface area contributed by atoms with E-state index in [0.717, 1.165) is 22.3 Å². The molecule has 2 aromatic carbocycles. The lowest BCUT2D eigenvalue weighted by molar-refractivity contribution is -0.127. The lowest BCUT2D eigenvalue weighted by atomic mass is 10.1. The van der Waals surface area contributed by atoms with Gasteiger partial charge in [0.15, 0.2) is 11.5 Å². The first-order chi connectivity index (χ1) is 19.9. The van der Waals surface area contributed by atoms with Gasteiger partial charge in [-0.3, -0.25) is 14.7 Å². The van der Waals surface area contributed by atoms with Crippen LogP contribution in [0.25, 0.3) is 16.9 Å². The van der Waals surface area contributed by atoms with Crippen molar-refractivity contribution in [3.05, 3.63) is 90.5 Å². The molecule has 41 heavy (non-hydrogen) atoms. The monoisotopic (exact) mass is 555 g/mol. The van der Waals surface area contributed by atoms with Crippen molar-refractivity contribution >= 4 is 24.0 Å². The van der Waals surface area contributed by atoms with Crippen molar-refractivity contribution in [1.29, 1.82) is 0 Å². The van der Waals surface area contributed by atoms with E-state index in [4.69, 9.17) is 15.2 Å². The van der Waals surface area contributed by atoms with Crippen LogP contribution in [0.15, 0.2) is 78.6 Å². The van der Waals surface area contributed by atoms with Crippen LogP contribution in [-0.2, 0) is 17.8 Å². The van der Waals surface area contributed by atoms with Crippen molar-refractivity contribution in [2.75, 3.05) is 20.0 Å². The van der Waals surface area contributed by atoms with Gasteiger partial charge < -0.3 is 15.2 Å². The number of hydrogen-bond donors (Lipinski definition) is 1. The first-order valence-corrected chi connectivity index (χ1v) is 13.4. The second kappa shape index (κ2) is 15.0. The van der Waals surface area contributed by atoms with Gasteiger partial charge in [-0.2, -0.15) is 9.67 Å². The summed E-state index contributed by atoms with van der Waals surface area (Å²) in [5, 5.41) is 4.25. The van der Waals surface area contributed by atoms with Crippen LogP contribution < -0.4 is 15.2 Å². The highest BCUT2D eigenvalue weighted by Crippen LogP contribution is 2.28. The molecule has 0 aliphatic rings. The van der Waals surface area contributed by atoms with E-state index in [1.54, 1.807) is 31.5 Å². The van der Waals surface area contributed by atoms with E-state index >= 15 is 0 Å². The number of nitrogens with two attached hydrogens (primary N) is 1. The van der Waals surface area contributed by atoms with E-state index in [0.29, 0.717) is 36.7 Å². The number of anilines is 1. The third-order valence-electron chi connectivity index (χ3n) is 6.03. The van der Waals surface area contributed by atoms with Gasteiger partial charge in [0.25, 0.3) is 0 Å². The highest BCUT2D eigenvalue weighted by atomic mass is 16.5. The second-order valence-electron chi connectivity index (χ2n) is 8.63. The molecular formula is C31H37N7O3. The van der Waals surface area contributed by atoms with Crippen LogP contribution in [0.2, 0.25) is 0 Å². The van der Waals surface area contributed by atoms with Gasteiger partial charge in [0.1, 0.15) is 11.6 Å². The van der Waals surface area contributed by atoms with Crippen molar-refractivity contribution in [2.24, 2.45) is 4.99 Å². The largest absolute Gasteiger partial charge is 0.493 e. The number of aromatic nitrogens is 4. The van der Waals surface area contributed by atoms with E-state index < -0.39 is 0 Å². The fraction of sp³-hybridized carbons (Fsp3) is 0.258. The van der Waals surface area contributed by atoms with Gasteiger partial charge in [0.05, 0.1) is 27.1 Å². The maximum atomic E-state index is 12.7. The number of hydrogen-bond acceptors (Lipinski definition) is 8. The van der Waals surface area contributed by atoms with Crippen LogP contribution in [0.4, 0.5) is 5.95 Å². The number of carbonyl (C=O) groups excluding carboxylic acids is 1. The molecule has 0 aliphatic carbocycles. The van der Waals surface area contributed by atoms with Crippen molar-refractivity contribution < 1.29 is 14.3 Å². The van der Waals surface area contributed by atoms with Crippen LogP contribution in [0.1, 0.15) is 44.1 Å². The summed E-state index contributed by atoms with van der Waals surface area (Å²) in [7, 11) is 3.17. The number of ether oxygens (including phenoxy) is 2. The molecule has 0 fully saturated rings.